The fourth-order valence-corrected chi connectivity index (χ4v) is 2.43. The Kier molecular flexibility index (Phi) is 7.15. The summed E-state index contributed by atoms with van der Waals surface area (Å²) >= 11 is 0. The summed E-state index contributed by atoms with van der Waals surface area (Å²) < 4.78 is 43.1. The van der Waals surface area contributed by atoms with Crippen molar-refractivity contribution in [3.8, 4) is 0 Å². The minimum atomic E-state index is -4.32. The Balaban J connectivity index is 0.00000264. The van der Waals surface area contributed by atoms with Gasteiger partial charge in [0, 0.05) is 45.3 Å². The number of hydrogen-bond donors (Lipinski definition) is 0. The second-order valence-corrected chi connectivity index (χ2v) is 5.22. The van der Waals surface area contributed by atoms with Gasteiger partial charge in [0.15, 0.2) is 0 Å². The fourth-order valence-electron chi connectivity index (χ4n) is 2.43. The third-order valence-corrected chi connectivity index (χ3v) is 3.62. The zero-order valence-electron chi connectivity index (χ0n) is 12.8. The van der Waals surface area contributed by atoms with Gasteiger partial charge < -0.3 is 9.64 Å². The molecular weight excluding hydrogens is 333 g/mol. The molecule has 1 saturated heterocycles. The minimum Gasteiger partial charge on any atom is -0.465 e. The standard InChI is InChI=1S/C15H19F3N2O2.ClH/c1-12(21)22-10-9-19-5-7-20(8-6-19)14-4-2-3-13(11-14)15(16,17)18;/h2-4,11H,5-10H2,1H3;1H. The Bertz CT molecular complexity index is 518. The highest BCUT2D eigenvalue weighted by atomic mass is 35.5. The number of alkyl halides is 3. The van der Waals surface area contributed by atoms with Crippen LogP contribution in [0.5, 0.6) is 0 Å². The molecule has 0 bridgehead atoms. The summed E-state index contributed by atoms with van der Waals surface area (Å²) in [6.07, 6.45) is -4.32. The zero-order chi connectivity index (χ0) is 16.2. The highest BCUT2D eigenvalue weighted by Crippen LogP contribution is 2.31. The maximum absolute atomic E-state index is 12.7. The molecule has 0 spiro atoms. The largest absolute Gasteiger partial charge is 0.465 e. The summed E-state index contributed by atoms with van der Waals surface area (Å²) in [5.74, 6) is -0.303. The normalized spacial score (nSPS) is 15.9. The molecule has 1 aliphatic heterocycles. The van der Waals surface area contributed by atoms with E-state index in [9.17, 15) is 18.0 Å². The molecule has 0 atom stereocenters. The van der Waals surface area contributed by atoms with E-state index in [1.54, 1.807) is 6.07 Å². The van der Waals surface area contributed by atoms with Crippen LogP contribution >= 0.6 is 12.4 Å². The number of halogens is 4. The van der Waals surface area contributed by atoms with Crippen LogP contribution in [0.1, 0.15) is 12.5 Å². The van der Waals surface area contributed by atoms with Crippen molar-refractivity contribution in [2.75, 3.05) is 44.2 Å². The van der Waals surface area contributed by atoms with Crippen LogP contribution in [0.15, 0.2) is 24.3 Å². The van der Waals surface area contributed by atoms with Crippen molar-refractivity contribution < 1.29 is 22.7 Å². The molecule has 1 aliphatic rings. The number of esters is 1. The van der Waals surface area contributed by atoms with Crippen molar-refractivity contribution in [3.63, 3.8) is 0 Å². The number of hydrogen-bond acceptors (Lipinski definition) is 4. The SMILES string of the molecule is CC(=O)OCCN1CCN(c2cccc(C(F)(F)F)c2)CC1.Cl. The predicted molar refractivity (Wildman–Crippen MR) is 84.0 cm³/mol. The number of carbonyl (C=O) groups excluding carboxylic acids is 1. The van der Waals surface area contributed by atoms with E-state index in [0.29, 0.717) is 31.9 Å². The summed E-state index contributed by atoms with van der Waals surface area (Å²) in [6.45, 7) is 5.14. The van der Waals surface area contributed by atoms with Crippen LogP contribution in [0.25, 0.3) is 0 Å². The monoisotopic (exact) mass is 352 g/mol. The van der Waals surface area contributed by atoms with Crippen LogP contribution in [0, 0.1) is 0 Å². The van der Waals surface area contributed by atoms with E-state index in [1.165, 1.54) is 19.1 Å². The number of ether oxygens (including phenoxy) is 1. The Morgan fingerprint density at radius 3 is 2.43 bits per heavy atom. The molecule has 0 saturated carbocycles. The van der Waals surface area contributed by atoms with E-state index in [-0.39, 0.29) is 18.4 Å². The molecule has 1 aromatic rings. The zero-order valence-corrected chi connectivity index (χ0v) is 13.6. The van der Waals surface area contributed by atoms with E-state index in [4.69, 9.17) is 4.74 Å². The first-order chi connectivity index (χ1) is 10.4. The minimum absolute atomic E-state index is 0. The van der Waals surface area contributed by atoms with Crippen LogP contribution in [0.3, 0.4) is 0 Å². The third kappa shape index (κ3) is 5.91. The first-order valence-electron chi connectivity index (χ1n) is 7.14. The molecule has 0 aromatic heterocycles. The van der Waals surface area contributed by atoms with Gasteiger partial charge in [0.25, 0.3) is 0 Å². The van der Waals surface area contributed by atoms with Crippen molar-refractivity contribution in [2.45, 2.75) is 13.1 Å². The molecule has 1 fully saturated rings. The number of nitrogens with zero attached hydrogens (tertiary/aromatic N) is 2. The molecule has 1 aromatic carbocycles. The van der Waals surface area contributed by atoms with E-state index in [2.05, 4.69) is 4.90 Å². The number of rotatable bonds is 4. The van der Waals surface area contributed by atoms with Gasteiger partial charge in [-0.1, -0.05) is 6.07 Å². The van der Waals surface area contributed by atoms with Crippen LogP contribution in [-0.2, 0) is 15.7 Å². The first kappa shape index (κ1) is 19.6. The smallest absolute Gasteiger partial charge is 0.416 e. The van der Waals surface area contributed by atoms with Gasteiger partial charge in [0.1, 0.15) is 6.61 Å². The molecule has 0 N–H and O–H groups in total. The molecule has 23 heavy (non-hydrogen) atoms. The number of piperazine rings is 1. The lowest BCUT2D eigenvalue weighted by Crippen LogP contribution is -2.47. The number of carbonyl (C=O) groups is 1. The summed E-state index contributed by atoms with van der Waals surface area (Å²) in [5, 5.41) is 0. The van der Waals surface area contributed by atoms with Gasteiger partial charge in [0.05, 0.1) is 5.56 Å². The quantitative estimate of drug-likeness (QED) is 0.780. The van der Waals surface area contributed by atoms with Crippen LogP contribution in [0.4, 0.5) is 18.9 Å². The Morgan fingerprint density at radius 1 is 1.22 bits per heavy atom. The van der Waals surface area contributed by atoms with E-state index in [0.717, 1.165) is 19.2 Å². The predicted octanol–water partition coefficient (Wildman–Crippen LogP) is 2.81. The summed E-state index contributed by atoms with van der Waals surface area (Å²) in [4.78, 5) is 14.8. The maximum atomic E-state index is 12.7. The molecule has 0 aliphatic carbocycles. The van der Waals surface area contributed by atoms with E-state index >= 15 is 0 Å². The van der Waals surface area contributed by atoms with Crippen molar-refractivity contribution in [1.29, 1.82) is 0 Å². The molecule has 0 unspecified atom stereocenters. The van der Waals surface area contributed by atoms with Gasteiger partial charge in [-0.15, -0.1) is 12.4 Å². The second kappa shape index (κ2) is 8.40. The van der Waals surface area contributed by atoms with Crippen LogP contribution in [0.2, 0.25) is 0 Å². The van der Waals surface area contributed by atoms with Gasteiger partial charge in [0.2, 0.25) is 0 Å². The van der Waals surface area contributed by atoms with Gasteiger partial charge in [-0.2, -0.15) is 13.2 Å². The summed E-state index contributed by atoms with van der Waals surface area (Å²) in [6, 6.07) is 5.41. The Hall–Kier alpha value is -1.47. The average Bonchev–Trinajstić information content (AvgIpc) is 2.47. The van der Waals surface area contributed by atoms with Gasteiger partial charge >= 0.3 is 12.1 Å². The van der Waals surface area contributed by atoms with Crippen molar-refractivity contribution in [3.05, 3.63) is 29.8 Å². The van der Waals surface area contributed by atoms with Crippen molar-refractivity contribution in [2.24, 2.45) is 0 Å². The fraction of sp³-hybridized carbons (Fsp3) is 0.533. The topological polar surface area (TPSA) is 32.8 Å². The highest BCUT2D eigenvalue weighted by molar-refractivity contribution is 5.85. The summed E-state index contributed by atoms with van der Waals surface area (Å²) in [7, 11) is 0. The van der Waals surface area contributed by atoms with Crippen molar-refractivity contribution in [1.82, 2.24) is 4.90 Å². The molecule has 0 amide bonds. The maximum Gasteiger partial charge on any atom is 0.416 e. The average molecular weight is 353 g/mol. The van der Waals surface area contributed by atoms with E-state index < -0.39 is 11.7 Å². The van der Waals surface area contributed by atoms with Crippen LogP contribution < -0.4 is 4.90 Å². The second-order valence-electron chi connectivity index (χ2n) is 5.22. The highest BCUT2D eigenvalue weighted by Gasteiger charge is 2.31. The molecular formula is C15H20ClF3N2O2. The molecule has 0 radical (unpaired) electrons. The number of anilines is 1. The molecule has 8 heteroatoms. The molecule has 130 valence electrons. The van der Waals surface area contributed by atoms with Crippen LogP contribution in [-0.4, -0.2) is 50.2 Å². The van der Waals surface area contributed by atoms with Gasteiger partial charge in [-0.25, -0.2) is 0 Å². The lowest BCUT2D eigenvalue weighted by molar-refractivity contribution is -0.141. The summed E-state index contributed by atoms with van der Waals surface area (Å²) in [5.41, 5.74) is -0.0308. The molecule has 1 heterocycles. The number of benzene rings is 1. The third-order valence-electron chi connectivity index (χ3n) is 3.62. The first-order valence-corrected chi connectivity index (χ1v) is 7.14. The molecule has 2 rings (SSSR count). The van der Waals surface area contributed by atoms with Gasteiger partial charge in [-0.3, -0.25) is 9.69 Å². The Labute approximate surface area is 139 Å². The molecule has 4 nitrogen and oxygen atoms in total. The van der Waals surface area contributed by atoms with Gasteiger partial charge in [-0.05, 0) is 18.2 Å². The van der Waals surface area contributed by atoms with Crippen molar-refractivity contribution >= 4 is 24.1 Å². The lowest BCUT2D eigenvalue weighted by atomic mass is 10.1. The Morgan fingerprint density at radius 2 is 1.87 bits per heavy atom. The lowest BCUT2D eigenvalue weighted by Gasteiger charge is -2.36. The van der Waals surface area contributed by atoms with E-state index in [1.807, 2.05) is 4.90 Å².